The first-order valence-corrected chi connectivity index (χ1v) is 8.67. The molecule has 106 valence electrons. The second kappa shape index (κ2) is 6.32. The first-order valence-electron chi connectivity index (χ1n) is 7.06. The van der Waals surface area contributed by atoms with Crippen LogP contribution >= 0.6 is 0 Å². The number of fused-ring (bicyclic) bond motifs is 1. The number of nitrogens with one attached hydrogen (secondary N) is 1. The molecule has 0 bridgehead atoms. The van der Waals surface area contributed by atoms with E-state index in [1.165, 1.54) is 12.8 Å². The van der Waals surface area contributed by atoms with Gasteiger partial charge in [-0.1, -0.05) is 13.3 Å². The molecule has 2 heterocycles. The number of hydrogen-bond acceptors (Lipinski definition) is 4. The van der Waals surface area contributed by atoms with Crippen molar-refractivity contribution < 1.29 is 8.42 Å². The lowest BCUT2D eigenvalue weighted by atomic mass is 10.0. The van der Waals surface area contributed by atoms with Crippen LogP contribution in [0.4, 0.5) is 0 Å². The van der Waals surface area contributed by atoms with Crippen LogP contribution in [0.15, 0.2) is 0 Å². The third-order valence-corrected chi connectivity index (χ3v) is 5.82. The van der Waals surface area contributed by atoms with E-state index in [0.717, 1.165) is 26.1 Å². The molecule has 2 aliphatic heterocycles. The maximum absolute atomic E-state index is 12.2. The molecule has 0 amide bonds. The van der Waals surface area contributed by atoms with Gasteiger partial charge in [-0.25, -0.2) is 8.42 Å². The first-order chi connectivity index (χ1) is 8.63. The van der Waals surface area contributed by atoms with Crippen molar-refractivity contribution in [3.05, 3.63) is 0 Å². The summed E-state index contributed by atoms with van der Waals surface area (Å²) in [5.41, 5.74) is 0. The topological polar surface area (TPSA) is 52.7 Å². The number of piperazine rings is 1. The van der Waals surface area contributed by atoms with Gasteiger partial charge in [-0.15, -0.1) is 0 Å². The van der Waals surface area contributed by atoms with Crippen LogP contribution in [-0.2, 0) is 10.0 Å². The summed E-state index contributed by atoms with van der Waals surface area (Å²) in [5.74, 6) is 0.230. The zero-order chi connectivity index (χ0) is 13.0. The molecule has 5 nitrogen and oxygen atoms in total. The van der Waals surface area contributed by atoms with E-state index in [2.05, 4.69) is 10.2 Å². The van der Waals surface area contributed by atoms with E-state index in [-0.39, 0.29) is 5.75 Å². The summed E-state index contributed by atoms with van der Waals surface area (Å²) in [4.78, 5) is 2.46. The Morgan fingerprint density at radius 3 is 2.83 bits per heavy atom. The Hall–Kier alpha value is -0.170. The van der Waals surface area contributed by atoms with Crippen LogP contribution in [0.1, 0.15) is 26.2 Å². The lowest BCUT2D eigenvalue weighted by Crippen LogP contribution is -2.56. The fourth-order valence-electron chi connectivity index (χ4n) is 2.89. The van der Waals surface area contributed by atoms with Gasteiger partial charge in [0.05, 0.1) is 5.75 Å². The predicted octanol–water partition coefficient (Wildman–Crippen LogP) is 0.0958. The van der Waals surface area contributed by atoms with E-state index in [1.807, 2.05) is 6.92 Å². The molecule has 1 atom stereocenters. The third kappa shape index (κ3) is 3.44. The Kier molecular flexibility index (Phi) is 5.00. The van der Waals surface area contributed by atoms with E-state index >= 15 is 0 Å². The van der Waals surface area contributed by atoms with Gasteiger partial charge >= 0.3 is 0 Å². The molecule has 0 aromatic carbocycles. The number of rotatable bonds is 5. The van der Waals surface area contributed by atoms with Gasteiger partial charge in [0.1, 0.15) is 0 Å². The standard InChI is InChI=1S/C12H25N3O2S/c1-2-13-6-10-18(16,17)15-9-8-14-7-4-3-5-12(14)11-15/h12-13H,2-11H2,1H3. The molecule has 0 saturated carbocycles. The van der Waals surface area contributed by atoms with Crippen molar-refractivity contribution >= 4 is 10.0 Å². The van der Waals surface area contributed by atoms with Crippen molar-refractivity contribution in [3.8, 4) is 0 Å². The monoisotopic (exact) mass is 275 g/mol. The summed E-state index contributed by atoms with van der Waals surface area (Å²) < 4.78 is 26.1. The fraction of sp³-hybridized carbons (Fsp3) is 1.00. The molecule has 1 unspecified atom stereocenters. The smallest absolute Gasteiger partial charge is 0.215 e. The zero-order valence-corrected chi connectivity index (χ0v) is 12.1. The molecule has 2 rings (SSSR count). The maximum atomic E-state index is 12.2. The van der Waals surface area contributed by atoms with Crippen LogP contribution in [0.3, 0.4) is 0 Å². The van der Waals surface area contributed by atoms with Crippen LogP contribution in [-0.4, -0.2) is 68.7 Å². The first kappa shape index (κ1) is 14.2. The highest BCUT2D eigenvalue weighted by Crippen LogP contribution is 2.22. The lowest BCUT2D eigenvalue weighted by molar-refractivity contribution is 0.0852. The fourth-order valence-corrected chi connectivity index (χ4v) is 4.31. The van der Waals surface area contributed by atoms with Crippen molar-refractivity contribution in [1.82, 2.24) is 14.5 Å². The second-order valence-corrected chi connectivity index (χ2v) is 7.30. The third-order valence-electron chi connectivity index (χ3n) is 3.98. The molecular weight excluding hydrogens is 250 g/mol. The Bertz CT molecular complexity index is 358. The van der Waals surface area contributed by atoms with E-state index in [1.54, 1.807) is 4.31 Å². The maximum Gasteiger partial charge on any atom is 0.215 e. The average molecular weight is 275 g/mol. The highest BCUT2D eigenvalue weighted by molar-refractivity contribution is 7.89. The molecule has 2 saturated heterocycles. The van der Waals surface area contributed by atoms with Crippen molar-refractivity contribution in [2.75, 3.05) is 45.0 Å². The molecule has 0 aromatic heterocycles. The molecule has 0 spiro atoms. The van der Waals surface area contributed by atoms with Crippen molar-refractivity contribution in [2.24, 2.45) is 0 Å². The van der Waals surface area contributed by atoms with E-state index in [9.17, 15) is 8.42 Å². The molecule has 18 heavy (non-hydrogen) atoms. The van der Waals surface area contributed by atoms with Gasteiger partial charge in [-0.3, -0.25) is 4.90 Å². The Morgan fingerprint density at radius 1 is 1.22 bits per heavy atom. The number of nitrogens with zero attached hydrogens (tertiary/aromatic N) is 2. The molecule has 6 heteroatoms. The minimum absolute atomic E-state index is 0.230. The van der Waals surface area contributed by atoms with Crippen molar-refractivity contribution in [2.45, 2.75) is 32.2 Å². The number of piperidine rings is 1. The molecule has 2 aliphatic rings. The van der Waals surface area contributed by atoms with Gasteiger partial charge in [-0.05, 0) is 25.9 Å². The summed E-state index contributed by atoms with van der Waals surface area (Å²) in [5, 5.41) is 3.08. The summed E-state index contributed by atoms with van der Waals surface area (Å²) in [6.45, 7) is 6.81. The van der Waals surface area contributed by atoms with Gasteiger partial charge in [-0.2, -0.15) is 4.31 Å². The largest absolute Gasteiger partial charge is 0.316 e. The normalized spacial score (nSPS) is 27.1. The summed E-state index contributed by atoms with van der Waals surface area (Å²) >= 11 is 0. The van der Waals surface area contributed by atoms with Crippen LogP contribution < -0.4 is 5.32 Å². The van der Waals surface area contributed by atoms with Crippen LogP contribution in [0.25, 0.3) is 0 Å². The van der Waals surface area contributed by atoms with E-state index in [0.29, 0.717) is 25.7 Å². The van der Waals surface area contributed by atoms with Gasteiger partial charge < -0.3 is 5.32 Å². The SMILES string of the molecule is CCNCCS(=O)(=O)N1CCN2CCCCC2C1. The van der Waals surface area contributed by atoms with Gasteiger partial charge in [0.15, 0.2) is 0 Å². The minimum atomic E-state index is -3.06. The Balaban J connectivity index is 1.89. The minimum Gasteiger partial charge on any atom is -0.316 e. The average Bonchev–Trinajstić information content (AvgIpc) is 2.38. The van der Waals surface area contributed by atoms with Crippen LogP contribution in [0.2, 0.25) is 0 Å². The van der Waals surface area contributed by atoms with Gasteiger partial charge in [0.2, 0.25) is 10.0 Å². The highest BCUT2D eigenvalue weighted by Gasteiger charge is 2.33. The summed E-state index contributed by atoms with van der Waals surface area (Å²) in [6, 6.07) is 0.460. The molecular formula is C12H25N3O2S. The van der Waals surface area contributed by atoms with Gasteiger partial charge in [0.25, 0.3) is 0 Å². The van der Waals surface area contributed by atoms with Crippen LogP contribution in [0.5, 0.6) is 0 Å². The van der Waals surface area contributed by atoms with Gasteiger partial charge in [0, 0.05) is 32.2 Å². The van der Waals surface area contributed by atoms with Crippen molar-refractivity contribution in [1.29, 1.82) is 0 Å². The number of hydrogen-bond donors (Lipinski definition) is 1. The molecule has 2 fully saturated rings. The Morgan fingerprint density at radius 2 is 2.06 bits per heavy atom. The van der Waals surface area contributed by atoms with E-state index in [4.69, 9.17) is 0 Å². The zero-order valence-electron chi connectivity index (χ0n) is 11.3. The number of sulfonamides is 1. The van der Waals surface area contributed by atoms with E-state index < -0.39 is 10.0 Å². The van der Waals surface area contributed by atoms with Crippen LogP contribution in [0, 0.1) is 0 Å². The lowest BCUT2D eigenvalue weighted by Gasteiger charge is -2.43. The molecule has 0 aliphatic carbocycles. The molecule has 0 radical (unpaired) electrons. The Labute approximate surface area is 111 Å². The molecule has 0 aromatic rings. The summed E-state index contributed by atoms with van der Waals surface area (Å²) in [7, 11) is -3.06. The quantitative estimate of drug-likeness (QED) is 0.723. The summed E-state index contributed by atoms with van der Waals surface area (Å²) in [6.07, 6.45) is 3.66. The van der Waals surface area contributed by atoms with Crippen molar-refractivity contribution in [3.63, 3.8) is 0 Å². The molecule has 1 N–H and O–H groups in total. The second-order valence-electron chi connectivity index (χ2n) is 5.21. The highest BCUT2D eigenvalue weighted by atomic mass is 32.2. The predicted molar refractivity (Wildman–Crippen MR) is 73.1 cm³/mol.